The minimum absolute atomic E-state index is 0.536. The Morgan fingerprint density at radius 1 is 1.30 bits per heavy atom. The Balaban J connectivity index is 2.23. The molecule has 0 aliphatic carbocycles. The molecule has 1 N–H and O–H groups in total. The molecule has 3 rings (SSSR count). The van der Waals surface area contributed by atoms with Crippen LogP contribution in [0.3, 0.4) is 0 Å². The van der Waals surface area contributed by atoms with Gasteiger partial charge in [0.2, 0.25) is 0 Å². The van der Waals surface area contributed by atoms with Crippen LogP contribution in [0.5, 0.6) is 11.5 Å². The Kier molecular flexibility index (Phi) is 3.30. The smallest absolute Gasteiger partial charge is 0.163 e. The predicted octanol–water partition coefficient (Wildman–Crippen LogP) is 2.70. The molecule has 1 aromatic heterocycles. The third-order valence-electron chi connectivity index (χ3n) is 3.21. The molecule has 1 aliphatic rings. The fourth-order valence-electron chi connectivity index (χ4n) is 2.30. The second-order valence-electron chi connectivity index (χ2n) is 4.56. The third-order valence-corrected chi connectivity index (χ3v) is 3.21. The lowest BCUT2D eigenvalue weighted by Crippen LogP contribution is -2.02. The van der Waals surface area contributed by atoms with E-state index >= 15 is 0 Å². The lowest BCUT2D eigenvalue weighted by Gasteiger charge is -2.13. The molecule has 5 heteroatoms. The second kappa shape index (κ2) is 5.25. The number of hydrogen-bond acceptors (Lipinski definition) is 5. The molecule has 0 amide bonds. The van der Waals surface area contributed by atoms with Crippen molar-refractivity contribution in [2.75, 3.05) is 25.1 Å². The summed E-state index contributed by atoms with van der Waals surface area (Å²) in [6, 6.07) is 5.95. The van der Waals surface area contributed by atoms with Crippen LogP contribution in [0.25, 0.3) is 10.9 Å². The van der Waals surface area contributed by atoms with E-state index in [4.69, 9.17) is 9.47 Å². The van der Waals surface area contributed by atoms with Crippen LogP contribution in [0.2, 0.25) is 0 Å². The highest BCUT2D eigenvalue weighted by atomic mass is 16.5. The number of hydrogen-bond donors (Lipinski definition) is 1. The van der Waals surface area contributed by atoms with Crippen molar-refractivity contribution in [1.29, 1.82) is 5.26 Å². The minimum atomic E-state index is 0.536. The lowest BCUT2D eigenvalue weighted by molar-refractivity contribution is 0.297. The van der Waals surface area contributed by atoms with Crippen LogP contribution in [-0.4, -0.2) is 24.7 Å². The summed E-state index contributed by atoms with van der Waals surface area (Å²) in [7, 11) is 0. The van der Waals surface area contributed by atoms with Gasteiger partial charge in [0.05, 0.1) is 30.0 Å². The summed E-state index contributed by atoms with van der Waals surface area (Å²) >= 11 is 0. The number of nitrogens with zero attached hydrogens (tertiary/aromatic N) is 2. The van der Waals surface area contributed by atoms with Crippen LogP contribution in [0.1, 0.15) is 18.9 Å². The van der Waals surface area contributed by atoms with Gasteiger partial charge in [-0.2, -0.15) is 5.26 Å². The summed E-state index contributed by atoms with van der Waals surface area (Å²) in [4.78, 5) is 4.34. The second-order valence-corrected chi connectivity index (χ2v) is 4.56. The van der Waals surface area contributed by atoms with Crippen molar-refractivity contribution < 1.29 is 9.47 Å². The van der Waals surface area contributed by atoms with Gasteiger partial charge in [0.1, 0.15) is 6.07 Å². The number of pyridine rings is 1. The molecule has 2 aromatic rings. The zero-order valence-corrected chi connectivity index (χ0v) is 11.3. The van der Waals surface area contributed by atoms with Gasteiger partial charge >= 0.3 is 0 Å². The number of nitrogens with one attached hydrogen (secondary N) is 1. The molecule has 0 unspecified atom stereocenters. The van der Waals surface area contributed by atoms with Crippen LogP contribution >= 0.6 is 0 Å². The normalized spacial score (nSPS) is 13.6. The molecule has 1 aliphatic heterocycles. The fourth-order valence-corrected chi connectivity index (χ4v) is 2.30. The fraction of sp³-hybridized carbons (Fsp3) is 0.333. The maximum Gasteiger partial charge on any atom is 0.163 e. The highest BCUT2D eigenvalue weighted by Crippen LogP contribution is 2.37. The van der Waals surface area contributed by atoms with Crippen LogP contribution < -0.4 is 14.8 Å². The number of rotatable bonds is 2. The maximum atomic E-state index is 9.20. The summed E-state index contributed by atoms with van der Waals surface area (Å²) in [5.41, 5.74) is 2.13. The van der Waals surface area contributed by atoms with Gasteiger partial charge in [0.25, 0.3) is 0 Å². The van der Waals surface area contributed by atoms with E-state index in [9.17, 15) is 5.26 Å². The first-order chi connectivity index (χ1) is 9.83. The monoisotopic (exact) mass is 269 g/mol. The van der Waals surface area contributed by atoms with Gasteiger partial charge in [-0.15, -0.1) is 0 Å². The van der Waals surface area contributed by atoms with Gasteiger partial charge in [-0.1, -0.05) is 0 Å². The Bertz CT molecular complexity index is 692. The van der Waals surface area contributed by atoms with Crippen molar-refractivity contribution in [3.05, 3.63) is 23.9 Å². The van der Waals surface area contributed by atoms with Crippen molar-refractivity contribution in [1.82, 2.24) is 4.98 Å². The Hall–Kier alpha value is -2.48. The minimum Gasteiger partial charge on any atom is -0.490 e. The highest BCUT2D eigenvalue weighted by Gasteiger charge is 2.15. The molecule has 0 atom stereocenters. The average Bonchev–Trinajstić information content (AvgIpc) is 2.70. The van der Waals surface area contributed by atoms with Gasteiger partial charge < -0.3 is 14.8 Å². The quantitative estimate of drug-likeness (QED) is 0.907. The Morgan fingerprint density at radius 3 is 2.75 bits per heavy atom. The predicted molar refractivity (Wildman–Crippen MR) is 76.2 cm³/mol. The first kappa shape index (κ1) is 12.5. The summed E-state index contributed by atoms with van der Waals surface area (Å²) in [5, 5.41) is 13.3. The molecule has 2 heterocycles. The van der Waals surface area contributed by atoms with E-state index in [2.05, 4.69) is 16.4 Å². The zero-order chi connectivity index (χ0) is 13.9. The van der Waals surface area contributed by atoms with E-state index in [1.807, 2.05) is 19.1 Å². The summed E-state index contributed by atoms with van der Waals surface area (Å²) in [6.45, 7) is 4.02. The van der Waals surface area contributed by atoms with Gasteiger partial charge in [-0.3, -0.25) is 4.98 Å². The van der Waals surface area contributed by atoms with E-state index in [0.717, 1.165) is 35.3 Å². The van der Waals surface area contributed by atoms with Crippen LogP contribution in [0, 0.1) is 11.3 Å². The van der Waals surface area contributed by atoms with E-state index < -0.39 is 0 Å². The maximum absolute atomic E-state index is 9.20. The Labute approximate surface area is 117 Å². The molecular weight excluding hydrogens is 254 g/mol. The number of ether oxygens (including phenoxy) is 2. The molecule has 0 bridgehead atoms. The standard InChI is InChI=1S/C15H15N3O2/c1-2-17-15-10(8-16)9-18-12-7-14-13(6-11(12)15)19-4-3-5-20-14/h6-7,9H,2-5H2,1H3,(H,17,18). The number of fused-ring (bicyclic) bond motifs is 2. The van der Waals surface area contributed by atoms with Crippen molar-refractivity contribution in [3.63, 3.8) is 0 Å². The number of benzene rings is 1. The van der Waals surface area contributed by atoms with Crippen molar-refractivity contribution in [2.45, 2.75) is 13.3 Å². The van der Waals surface area contributed by atoms with E-state index in [-0.39, 0.29) is 0 Å². The van der Waals surface area contributed by atoms with Crippen LogP contribution in [-0.2, 0) is 0 Å². The molecule has 0 radical (unpaired) electrons. The highest BCUT2D eigenvalue weighted by molar-refractivity contribution is 5.96. The molecule has 20 heavy (non-hydrogen) atoms. The molecule has 102 valence electrons. The molecular formula is C15H15N3O2. The lowest BCUT2D eigenvalue weighted by atomic mass is 10.1. The molecule has 5 nitrogen and oxygen atoms in total. The zero-order valence-electron chi connectivity index (χ0n) is 11.3. The SMILES string of the molecule is CCNc1c(C#N)cnc2cc3c(cc12)OCCCO3. The van der Waals surface area contributed by atoms with E-state index in [0.29, 0.717) is 24.5 Å². The molecule has 0 saturated heterocycles. The van der Waals surface area contributed by atoms with Crippen molar-refractivity contribution >= 4 is 16.6 Å². The number of nitriles is 1. The van der Waals surface area contributed by atoms with Crippen molar-refractivity contribution in [3.8, 4) is 17.6 Å². The topological polar surface area (TPSA) is 67.2 Å². The first-order valence-electron chi connectivity index (χ1n) is 6.70. The number of anilines is 1. The largest absolute Gasteiger partial charge is 0.490 e. The van der Waals surface area contributed by atoms with Crippen molar-refractivity contribution in [2.24, 2.45) is 0 Å². The van der Waals surface area contributed by atoms with Crippen LogP contribution in [0.15, 0.2) is 18.3 Å². The Morgan fingerprint density at radius 2 is 2.05 bits per heavy atom. The molecule has 0 spiro atoms. The van der Waals surface area contributed by atoms with Gasteiger partial charge in [0.15, 0.2) is 11.5 Å². The average molecular weight is 269 g/mol. The molecule has 0 saturated carbocycles. The van der Waals surface area contributed by atoms with E-state index in [1.165, 1.54) is 0 Å². The van der Waals surface area contributed by atoms with Gasteiger partial charge in [0, 0.05) is 30.6 Å². The summed E-state index contributed by atoms with van der Waals surface area (Å²) in [5.74, 6) is 1.43. The molecule has 1 aromatic carbocycles. The number of aromatic nitrogens is 1. The van der Waals surface area contributed by atoms with E-state index in [1.54, 1.807) is 6.20 Å². The van der Waals surface area contributed by atoms with Gasteiger partial charge in [-0.25, -0.2) is 0 Å². The molecule has 0 fully saturated rings. The third kappa shape index (κ3) is 2.10. The summed E-state index contributed by atoms with van der Waals surface area (Å²) < 4.78 is 11.4. The first-order valence-corrected chi connectivity index (χ1v) is 6.70. The summed E-state index contributed by atoms with van der Waals surface area (Å²) in [6.07, 6.45) is 2.45. The van der Waals surface area contributed by atoms with Gasteiger partial charge in [-0.05, 0) is 13.0 Å². The van der Waals surface area contributed by atoms with Crippen LogP contribution in [0.4, 0.5) is 5.69 Å².